The number of carboxylic acid groups (broad SMARTS) is 1. The second kappa shape index (κ2) is 12.5. The molecule has 6 heteroatoms. The molecule has 1 aromatic heterocycles. The molecule has 1 aliphatic heterocycles. The van der Waals surface area contributed by atoms with Gasteiger partial charge in [-0.05, 0) is 99.8 Å². The third kappa shape index (κ3) is 7.18. The summed E-state index contributed by atoms with van der Waals surface area (Å²) in [5.74, 6) is -0.109. The van der Waals surface area contributed by atoms with Crippen LogP contribution in [-0.2, 0) is 40.1 Å². The molecule has 0 bridgehead atoms. The molecule has 1 N–H and O–H groups in total. The number of fused-ring (bicyclic) bond motifs is 1. The topological polar surface area (TPSA) is 71.9 Å². The lowest BCUT2D eigenvalue weighted by Gasteiger charge is -2.27. The third-order valence-electron chi connectivity index (χ3n) is 8.10. The Labute approximate surface area is 221 Å². The molecular weight excluding hydrogens is 464 g/mol. The van der Waals surface area contributed by atoms with Crippen LogP contribution in [0.1, 0.15) is 84.6 Å². The maximum Gasteiger partial charge on any atom is 0.325 e. The number of carboxylic acids is 1. The Bertz CT molecular complexity index is 1070. The Morgan fingerprint density at radius 2 is 2.00 bits per heavy atom. The lowest BCUT2D eigenvalue weighted by atomic mass is 9.95. The molecule has 2 aliphatic carbocycles. The number of aliphatic carboxylic acids is 1. The number of hydrogen-bond acceptors (Lipinski definition) is 5. The maximum absolute atomic E-state index is 12.4. The minimum absolute atomic E-state index is 0.0862. The molecule has 200 valence electrons. The van der Waals surface area contributed by atoms with Crippen LogP contribution in [0.15, 0.2) is 30.3 Å². The Hall–Kier alpha value is -2.28. The number of ether oxygens (including phenoxy) is 2. The fourth-order valence-electron chi connectivity index (χ4n) is 5.76. The van der Waals surface area contributed by atoms with Crippen LogP contribution < -0.4 is 0 Å². The molecule has 0 amide bonds. The highest BCUT2D eigenvalue weighted by Crippen LogP contribution is 2.32. The average Bonchev–Trinajstić information content (AvgIpc) is 3.61. The lowest BCUT2D eigenvalue weighted by Crippen LogP contribution is -2.34. The highest BCUT2D eigenvalue weighted by atomic mass is 16.5. The van der Waals surface area contributed by atoms with Gasteiger partial charge >= 0.3 is 5.97 Å². The van der Waals surface area contributed by atoms with Crippen LogP contribution >= 0.6 is 0 Å². The lowest BCUT2D eigenvalue weighted by molar-refractivity contribution is -0.143. The van der Waals surface area contributed by atoms with E-state index in [1.807, 2.05) is 25.1 Å². The first kappa shape index (κ1) is 26.3. The molecule has 1 aromatic carbocycles. The number of aryl methyl sites for hydroxylation is 4. The van der Waals surface area contributed by atoms with E-state index in [0.29, 0.717) is 25.7 Å². The van der Waals surface area contributed by atoms with Crippen molar-refractivity contribution in [2.45, 2.75) is 89.9 Å². The zero-order valence-corrected chi connectivity index (χ0v) is 22.3. The number of nitrogens with zero attached hydrogens (tertiary/aromatic N) is 2. The van der Waals surface area contributed by atoms with Crippen molar-refractivity contribution < 1.29 is 19.4 Å². The molecule has 2 fully saturated rings. The van der Waals surface area contributed by atoms with Crippen molar-refractivity contribution in [2.75, 3.05) is 26.3 Å². The van der Waals surface area contributed by atoms with Crippen LogP contribution in [0.25, 0.3) is 0 Å². The van der Waals surface area contributed by atoms with Gasteiger partial charge in [-0.15, -0.1) is 0 Å². The molecule has 2 atom stereocenters. The van der Waals surface area contributed by atoms with Gasteiger partial charge in [-0.3, -0.25) is 14.7 Å². The van der Waals surface area contributed by atoms with E-state index in [9.17, 15) is 9.90 Å². The molecule has 1 saturated heterocycles. The van der Waals surface area contributed by atoms with Crippen molar-refractivity contribution in [1.29, 1.82) is 0 Å². The molecule has 0 radical (unpaired) electrons. The number of benzene rings is 1. The molecular formula is C31H42N2O4. The monoisotopic (exact) mass is 506 g/mol. The van der Waals surface area contributed by atoms with Crippen LogP contribution in [0.2, 0.25) is 0 Å². The molecule has 0 unspecified atom stereocenters. The van der Waals surface area contributed by atoms with Crippen molar-refractivity contribution in [3.63, 3.8) is 0 Å². The standard InChI is InChI=1S/C31H42N2O4/c1-22-9-12-25(21-36-20-23-10-11-23)28(18-22)30(31(34)35)33-16-15-27(19-33)37-17-5-4-7-26-14-13-24-6-2-3-8-29(24)32-26/h9,12-14,18,23,27,30H,2-8,10-11,15-17,19-21H2,1H3,(H,34,35)/t27-,30-/m1/s1. The first-order valence-corrected chi connectivity index (χ1v) is 14.3. The molecule has 37 heavy (non-hydrogen) atoms. The van der Waals surface area contributed by atoms with Crippen molar-refractivity contribution in [1.82, 2.24) is 9.88 Å². The molecule has 6 nitrogen and oxygen atoms in total. The summed E-state index contributed by atoms with van der Waals surface area (Å²) >= 11 is 0. The number of rotatable bonds is 13. The molecule has 2 aromatic rings. The van der Waals surface area contributed by atoms with Gasteiger partial charge in [0, 0.05) is 37.7 Å². The van der Waals surface area contributed by atoms with Gasteiger partial charge < -0.3 is 14.6 Å². The second-order valence-electron chi connectivity index (χ2n) is 11.3. The van der Waals surface area contributed by atoms with Gasteiger partial charge in [-0.2, -0.15) is 0 Å². The van der Waals surface area contributed by atoms with Gasteiger partial charge in [0.15, 0.2) is 0 Å². The van der Waals surface area contributed by atoms with Gasteiger partial charge in [-0.1, -0.05) is 29.8 Å². The van der Waals surface area contributed by atoms with Crippen molar-refractivity contribution in [3.05, 3.63) is 64.0 Å². The summed E-state index contributed by atoms with van der Waals surface area (Å²) in [5, 5.41) is 10.2. The smallest absolute Gasteiger partial charge is 0.325 e. The van der Waals surface area contributed by atoms with E-state index in [-0.39, 0.29) is 6.10 Å². The predicted octanol–water partition coefficient (Wildman–Crippen LogP) is 5.43. The largest absolute Gasteiger partial charge is 0.480 e. The van der Waals surface area contributed by atoms with Gasteiger partial charge in [-0.25, -0.2) is 0 Å². The zero-order valence-electron chi connectivity index (χ0n) is 22.3. The summed E-state index contributed by atoms with van der Waals surface area (Å²) in [6.45, 7) is 5.37. The molecule has 5 rings (SSSR count). The summed E-state index contributed by atoms with van der Waals surface area (Å²) in [5.41, 5.74) is 6.87. The number of carbonyl (C=O) groups is 1. The molecule has 0 spiro atoms. The average molecular weight is 507 g/mol. The molecule has 3 aliphatic rings. The number of hydrogen-bond donors (Lipinski definition) is 1. The van der Waals surface area contributed by atoms with Crippen molar-refractivity contribution in [3.8, 4) is 0 Å². The van der Waals surface area contributed by atoms with E-state index in [2.05, 4.69) is 17.0 Å². The quantitative estimate of drug-likeness (QED) is 0.365. The Morgan fingerprint density at radius 3 is 2.84 bits per heavy atom. The number of unbranched alkanes of at least 4 members (excludes halogenated alkanes) is 1. The van der Waals surface area contributed by atoms with Crippen LogP contribution in [0.4, 0.5) is 0 Å². The fourth-order valence-corrected chi connectivity index (χ4v) is 5.76. The number of aromatic nitrogens is 1. The Kier molecular flexibility index (Phi) is 8.90. The minimum atomic E-state index is -0.799. The van der Waals surface area contributed by atoms with E-state index in [1.165, 1.54) is 49.1 Å². The zero-order chi connectivity index (χ0) is 25.6. The molecule has 2 heterocycles. The van der Waals surface area contributed by atoms with E-state index in [0.717, 1.165) is 61.9 Å². The van der Waals surface area contributed by atoms with E-state index in [4.69, 9.17) is 14.5 Å². The fraction of sp³-hybridized carbons (Fsp3) is 0.613. The summed E-state index contributed by atoms with van der Waals surface area (Å²) in [6, 6.07) is 9.92. The highest BCUT2D eigenvalue weighted by molar-refractivity contribution is 5.76. The number of pyridine rings is 1. The summed E-state index contributed by atoms with van der Waals surface area (Å²) in [6.07, 6.45) is 11.4. The van der Waals surface area contributed by atoms with Crippen LogP contribution in [-0.4, -0.2) is 53.4 Å². The summed E-state index contributed by atoms with van der Waals surface area (Å²) in [4.78, 5) is 19.4. The van der Waals surface area contributed by atoms with E-state index in [1.54, 1.807) is 0 Å². The first-order valence-electron chi connectivity index (χ1n) is 14.3. The second-order valence-corrected chi connectivity index (χ2v) is 11.3. The van der Waals surface area contributed by atoms with Gasteiger partial charge in [0.05, 0.1) is 12.7 Å². The maximum atomic E-state index is 12.4. The van der Waals surface area contributed by atoms with Gasteiger partial charge in [0.1, 0.15) is 6.04 Å². The highest BCUT2D eigenvalue weighted by Gasteiger charge is 2.35. The van der Waals surface area contributed by atoms with Gasteiger partial charge in [0.2, 0.25) is 0 Å². The molecule has 1 saturated carbocycles. The predicted molar refractivity (Wildman–Crippen MR) is 144 cm³/mol. The normalized spacial score (nSPS) is 20.6. The summed E-state index contributed by atoms with van der Waals surface area (Å²) in [7, 11) is 0. The minimum Gasteiger partial charge on any atom is -0.480 e. The number of likely N-dealkylation sites (tertiary alicyclic amines) is 1. The van der Waals surface area contributed by atoms with Crippen LogP contribution in [0, 0.1) is 12.8 Å². The van der Waals surface area contributed by atoms with Gasteiger partial charge in [0.25, 0.3) is 0 Å². The third-order valence-corrected chi connectivity index (χ3v) is 8.10. The SMILES string of the molecule is Cc1ccc(COCC2CC2)c([C@H](C(=O)O)N2CC[C@@H](OCCCCc3ccc4c(n3)CCCC4)C2)c1. The van der Waals surface area contributed by atoms with Crippen molar-refractivity contribution >= 4 is 5.97 Å². The van der Waals surface area contributed by atoms with Crippen LogP contribution in [0.5, 0.6) is 0 Å². The Morgan fingerprint density at radius 1 is 1.14 bits per heavy atom. The Balaban J connectivity index is 1.10. The summed E-state index contributed by atoms with van der Waals surface area (Å²) < 4.78 is 12.1. The van der Waals surface area contributed by atoms with Crippen molar-refractivity contribution in [2.24, 2.45) is 5.92 Å². The van der Waals surface area contributed by atoms with Crippen LogP contribution in [0.3, 0.4) is 0 Å². The van der Waals surface area contributed by atoms with E-state index < -0.39 is 12.0 Å². The first-order chi connectivity index (χ1) is 18.1. The van der Waals surface area contributed by atoms with E-state index >= 15 is 0 Å².